The highest BCUT2D eigenvalue weighted by Crippen LogP contribution is 2.32. The van der Waals surface area contributed by atoms with Crippen molar-refractivity contribution >= 4 is 44.0 Å². The highest BCUT2D eigenvalue weighted by molar-refractivity contribution is 7.21. The third-order valence-electron chi connectivity index (χ3n) is 4.20. The normalized spacial score (nSPS) is 11.0. The fourth-order valence-corrected chi connectivity index (χ4v) is 3.49. The molecule has 29 heavy (non-hydrogen) atoms. The molecule has 0 fully saturated rings. The number of methoxy groups -OCH3 is 1. The first kappa shape index (κ1) is 20.5. The number of ether oxygens (including phenoxy) is 2. The Hall–Kier alpha value is -3.26. The third kappa shape index (κ3) is 5.39. The Morgan fingerprint density at radius 1 is 1.24 bits per heavy atom. The number of thiazole rings is 1. The van der Waals surface area contributed by atoms with Crippen LogP contribution in [0.2, 0.25) is 0 Å². The number of carbonyl (C=O) groups excluding carboxylic acids is 1. The van der Waals surface area contributed by atoms with Gasteiger partial charge in [0.1, 0.15) is 12.4 Å². The van der Waals surface area contributed by atoms with Crippen molar-refractivity contribution in [2.24, 2.45) is 10.2 Å². The van der Waals surface area contributed by atoms with Crippen LogP contribution in [0.4, 0.5) is 16.5 Å². The molecule has 0 aliphatic rings. The van der Waals surface area contributed by atoms with Gasteiger partial charge in [0.25, 0.3) is 0 Å². The Morgan fingerprint density at radius 2 is 2.03 bits per heavy atom. The van der Waals surface area contributed by atoms with Crippen LogP contribution in [0.1, 0.15) is 6.92 Å². The minimum Gasteiger partial charge on any atom is -0.497 e. The van der Waals surface area contributed by atoms with Gasteiger partial charge in [-0.3, -0.25) is 0 Å². The first-order valence-electron chi connectivity index (χ1n) is 9.13. The molecule has 0 radical (unpaired) electrons. The Labute approximate surface area is 173 Å². The molecule has 1 aromatic heterocycles. The van der Waals surface area contributed by atoms with Crippen molar-refractivity contribution in [3.8, 4) is 5.75 Å². The molecule has 2 aromatic carbocycles. The van der Waals surface area contributed by atoms with Crippen LogP contribution in [-0.2, 0) is 9.53 Å². The van der Waals surface area contributed by atoms with Crippen molar-refractivity contribution in [3.63, 3.8) is 0 Å². The molecule has 0 spiro atoms. The maximum Gasteiger partial charge on any atom is 0.330 e. The number of carbonyl (C=O) groups is 1. The lowest BCUT2D eigenvalue weighted by atomic mass is 10.2. The van der Waals surface area contributed by atoms with E-state index >= 15 is 0 Å². The molecule has 0 aliphatic carbocycles. The molecule has 0 saturated carbocycles. The summed E-state index contributed by atoms with van der Waals surface area (Å²) in [5, 5.41) is 9.13. The summed E-state index contributed by atoms with van der Waals surface area (Å²) in [6, 6.07) is 13.4. The van der Waals surface area contributed by atoms with E-state index in [0.29, 0.717) is 18.3 Å². The number of benzene rings is 2. The predicted octanol–water partition coefficient (Wildman–Crippen LogP) is 5.28. The molecule has 0 unspecified atom stereocenters. The topological polar surface area (TPSA) is 76.4 Å². The summed E-state index contributed by atoms with van der Waals surface area (Å²) >= 11 is 1.46. The Bertz CT molecular complexity index is 1010. The highest BCUT2D eigenvalue weighted by atomic mass is 32.1. The summed E-state index contributed by atoms with van der Waals surface area (Å²) < 4.78 is 11.3. The Morgan fingerprint density at radius 3 is 2.72 bits per heavy atom. The number of anilines is 1. The van der Waals surface area contributed by atoms with E-state index in [1.165, 1.54) is 11.3 Å². The van der Waals surface area contributed by atoms with E-state index in [4.69, 9.17) is 9.47 Å². The zero-order valence-corrected chi connectivity index (χ0v) is 17.2. The zero-order valence-electron chi connectivity index (χ0n) is 16.4. The standard InChI is InChI=1S/C21H22N4O3S/c1-4-20(26)28-13-12-25(5-2)16-8-6-15(7-9-16)23-24-21-22-18-11-10-17(27-3)14-19(18)29-21/h4,6-11,14H,1,5,12-13H2,2-3H3/b24-23+. The van der Waals surface area contributed by atoms with Gasteiger partial charge >= 0.3 is 5.97 Å². The first-order valence-corrected chi connectivity index (χ1v) is 9.95. The first-order chi connectivity index (χ1) is 14.1. The molecule has 150 valence electrons. The molecule has 8 heteroatoms. The maximum atomic E-state index is 11.1. The fraction of sp³-hybridized carbons (Fsp3) is 0.238. The van der Waals surface area contributed by atoms with Crippen LogP contribution >= 0.6 is 11.3 Å². The SMILES string of the molecule is C=CC(=O)OCCN(CC)c1ccc(/N=N/c2nc3ccc(OC)cc3s2)cc1. The van der Waals surface area contributed by atoms with E-state index in [9.17, 15) is 4.79 Å². The van der Waals surface area contributed by atoms with Gasteiger partial charge in [0.15, 0.2) is 0 Å². The largest absolute Gasteiger partial charge is 0.497 e. The molecule has 0 aliphatic heterocycles. The van der Waals surface area contributed by atoms with Crippen molar-refractivity contribution < 1.29 is 14.3 Å². The number of esters is 1. The number of rotatable bonds is 9. The number of aromatic nitrogens is 1. The molecule has 3 aromatic rings. The molecular formula is C21H22N4O3S. The summed E-state index contributed by atoms with van der Waals surface area (Å²) in [5.41, 5.74) is 2.63. The van der Waals surface area contributed by atoms with Crippen LogP contribution in [0.25, 0.3) is 10.2 Å². The lowest BCUT2D eigenvalue weighted by Gasteiger charge is -2.22. The lowest BCUT2D eigenvalue weighted by Crippen LogP contribution is -2.27. The minimum atomic E-state index is -0.412. The second-order valence-electron chi connectivity index (χ2n) is 6.00. The van der Waals surface area contributed by atoms with Crippen LogP contribution in [0, 0.1) is 0 Å². The second kappa shape index (κ2) is 9.79. The van der Waals surface area contributed by atoms with Gasteiger partial charge in [-0.05, 0) is 49.4 Å². The maximum absolute atomic E-state index is 11.1. The van der Waals surface area contributed by atoms with Crippen molar-refractivity contribution in [2.45, 2.75) is 6.92 Å². The van der Waals surface area contributed by atoms with Crippen molar-refractivity contribution in [3.05, 3.63) is 55.1 Å². The van der Waals surface area contributed by atoms with Gasteiger partial charge in [-0.1, -0.05) is 17.9 Å². The second-order valence-corrected chi connectivity index (χ2v) is 7.01. The summed E-state index contributed by atoms with van der Waals surface area (Å²) in [4.78, 5) is 17.7. The molecule has 0 saturated heterocycles. The zero-order chi connectivity index (χ0) is 20.6. The minimum absolute atomic E-state index is 0.308. The van der Waals surface area contributed by atoms with Gasteiger partial charge in [0.05, 0.1) is 29.6 Å². The number of likely N-dealkylation sites (N-methyl/N-ethyl adjacent to an activating group) is 1. The van der Waals surface area contributed by atoms with E-state index in [0.717, 1.165) is 40.0 Å². The molecule has 0 bridgehead atoms. The molecule has 3 rings (SSSR count). The number of hydrogen-bond donors (Lipinski definition) is 0. The van der Waals surface area contributed by atoms with Crippen LogP contribution in [0.3, 0.4) is 0 Å². The van der Waals surface area contributed by atoms with Crippen LogP contribution < -0.4 is 9.64 Å². The van der Waals surface area contributed by atoms with Gasteiger partial charge < -0.3 is 14.4 Å². The van der Waals surface area contributed by atoms with E-state index < -0.39 is 5.97 Å². The van der Waals surface area contributed by atoms with E-state index in [-0.39, 0.29) is 0 Å². The van der Waals surface area contributed by atoms with Gasteiger partial charge in [-0.15, -0.1) is 10.2 Å². The number of hydrogen-bond acceptors (Lipinski definition) is 8. The van der Waals surface area contributed by atoms with Crippen LogP contribution in [-0.4, -0.2) is 37.8 Å². The third-order valence-corrected chi connectivity index (χ3v) is 5.11. The Balaban J connectivity index is 1.64. The number of nitrogens with zero attached hydrogens (tertiary/aromatic N) is 4. The fourth-order valence-electron chi connectivity index (χ4n) is 2.68. The summed E-state index contributed by atoms with van der Waals surface area (Å²) in [7, 11) is 1.64. The molecule has 0 atom stereocenters. The van der Waals surface area contributed by atoms with Gasteiger partial charge in [0.2, 0.25) is 5.13 Å². The van der Waals surface area contributed by atoms with E-state index in [2.05, 4.69) is 26.7 Å². The number of azo groups is 1. The van der Waals surface area contributed by atoms with Crippen molar-refractivity contribution in [1.29, 1.82) is 0 Å². The van der Waals surface area contributed by atoms with E-state index in [1.807, 2.05) is 49.4 Å². The monoisotopic (exact) mass is 410 g/mol. The smallest absolute Gasteiger partial charge is 0.330 e. The summed E-state index contributed by atoms with van der Waals surface area (Å²) in [5.74, 6) is 0.380. The number of fused-ring (bicyclic) bond motifs is 1. The van der Waals surface area contributed by atoms with Crippen molar-refractivity contribution in [1.82, 2.24) is 4.98 Å². The van der Waals surface area contributed by atoms with Gasteiger partial charge in [-0.25, -0.2) is 9.78 Å². The van der Waals surface area contributed by atoms with Crippen LogP contribution in [0.5, 0.6) is 5.75 Å². The van der Waals surface area contributed by atoms with E-state index in [1.54, 1.807) is 7.11 Å². The molecule has 7 nitrogen and oxygen atoms in total. The van der Waals surface area contributed by atoms with Crippen molar-refractivity contribution in [2.75, 3.05) is 31.7 Å². The average molecular weight is 410 g/mol. The van der Waals surface area contributed by atoms with Crippen LogP contribution in [0.15, 0.2) is 65.3 Å². The quantitative estimate of drug-likeness (QED) is 0.273. The molecule has 1 heterocycles. The summed E-state index contributed by atoms with van der Waals surface area (Å²) in [6.45, 7) is 7.14. The molecule has 0 amide bonds. The molecule has 0 N–H and O–H groups in total. The average Bonchev–Trinajstić information content (AvgIpc) is 3.17. The molecular weight excluding hydrogens is 388 g/mol. The Kier molecular flexibility index (Phi) is 6.91. The highest BCUT2D eigenvalue weighted by Gasteiger charge is 2.07. The van der Waals surface area contributed by atoms with Gasteiger partial charge in [0, 0.05) is 18.3 Å². The van der Waals surface area contributed by atoms with Gasteiger partial charge in [-0.2, -0.15) is 0 Å². The lowest BCUT2D eigenvalue weighted by molar-refractivity contribution is -0.137. The summed E-state index contributed by atoms with van der Waals surface area (Å²) in [6.07, 6.45) is 1.16. The predicted molar refractivity (Wildman–Crippen MR) is 116 cm³/mol.